The van der Waals surface area contributed by atoms with Gasteiger partial charge in [-0.25, -0.2) is 8.42 Å². The lowest BCUT2D eigenvalue weighted by Gasteiger charge is -2.39. The van der Waals surface area contributed by atoms with Crippen molar-refractivity contribution < 1.29 is 17.9 Å². The Bertz CT molecular complexity index is 963. The molecule has 1 aliphatic carbocycles. The second kappa shape index (κ2) is 10.6. The van der Waals surface area contributed by atoms with E-state index < -0.39 is 21.6 Å². The van der Waals surface area contributed by atoms with E-state index in [-0.39, 0.29) is 30.1 Å². The molecule has 4 N–H and O–H groups in total. The number of carbonyl (C=O) groups excluding carboxylic acids is 1. The summed E-state index contributed by atoms with van der Waals surface area (Å²) in [5.74, 6) is 0.0751. The number of carbonyl (C=O) groups is 1. The van der Waals surface area contributed by atoms with Gasteiger partial charge < -0.3 is 10.1 Å². The highest BCUT2D eigenvalue weighted by Crippen LogP contribution is 2.31. The van der Waals surface area contributed by atoms with Crippen LogP contribution in [0.5, 0.6) is 0 Å². The van der Waals surface area contributed by atoms with Crippen molar-refractivity contribution in [3.05, 3.63) is 34.9 Å². The summed E-state index contributed by atoms with van der Waals surface area (Å²) in [6.07, 6.45) is 2.84. The van der Waals surface area contributed by atoms with Crippen molar-refractivity contribution in [1.29, 1.82) is 0 Å². The fraction of sp³-hybridized carbons (Fsp3) is 0.720. The smallest absolute Gasteiger partial charge is 0.223 e. The van der Waals surface area contributed by atoms with Gasteiger partial charge in [0, 0.05) is 18.4 Å². The molecule has 9 heteroatoms. The Labute approximate surface area is 204 Å². The van der Waals surface area contributed by atoms with Crippen LogP contribution in [0.1, 0.15) is 75.1 Å². The summed E-state index contributed by atoms with van der Waals surface area (Å²) < 4.78 is 35.8. The van der Waals surface area contributed by atoms with Gasteiger partial charge in [-0.2, -0.15) is 4.72 Å². The van der Waals surface area contributed by atoms with E-state index in [1.165, 1.54) is 5.56 Å². The number of nitrogens with one attached hydrogen (secondary N) is 4. The Balaban J connectivity index is 1.64. The molecule has 2 heterocycles. The number of sulfonamides is 1. The summed E-state index contributed by atoms with van der Waals surface area (Å²) in [5.41, 5.74) is 3.51. The quantitative estimate of drug-likeness (QED) is 0.517. The molecule has 1 saturated carbocycles. The highest BCUT2D eigenvalue weighted by molar-refractivity contribution is 7.90. The molecule has 190 valence electrons. The van der Waals surface area contributed by atoms with Crippen LogP contribution in [-0.2, 0) is 19.6 Å². The zero-order valence-corrected chi connectivity index (χ0v) is 21.6. The fourth-order valence-corrected chi connectivity index (χ4v) is 7.38. The molecule has 1 aromatic rings. The fourth-order valence-electron chi connectivity index (χ4n) is 5.76. The van der Waals surface area contributed by atoms with E-state index >= 15 is 0 Å². The Morgan fingerprint density at radius 1 is 1.09 bits per heavy atom. The van der Waals surface area contributed by atoms with Gasteiger partial charge in [0.05, 0.1) is 17.9 Å². The van der Waals surface area contributed by atoms with Crippen molar-refractivity contribution in [3.63, 3.8) is 0 Å². The number of benzene rings is 1. The predicted octanol–water partition coefficient (Wildman–Crippen LogP) is 2.58. The number of rotatable bonds is 3. The number of aryl methyl sites for hydroxylation is 2. The second-order valence-electron chi connectivity index (χ2n) is 10.7. The maximum atomic E-state index is 13.3. The van der Waals surface area contributed by atoms with Gasteiger partial charge >= 0.3 is 0 Å². The first-order chi connectivity index (χ1) is 16.1. The Morgan fingerprint density at radius 2 is 1.82 bits per heavy atom. The molecule has 2 saturated heterocycles. The zero-order chi connectivity index (χ0) is 24.5. The first-order valence-electron chi connectivity index (χ1n) is 12.6. The first kappa shape index (κ1) is 25.6. The summed E-state index contributed by atoms with van der Waals surface area (Å²) in [7, 11) is -3.64. The van der Waals surface area contributed by atoms with E-state index in [0.29, 0.717) is 31.8 Å². The van der Waals surface area contributed by atoms with Crippen LogP contribution in [0.3, 0.4) is 0 Å². The van der Waals surface area contributed by atoms with Gasteiger partial charge in [-0.3, -0.25) is 15.4 Å². The van der Waals surface area contributed by atoms with Gasteiger partial charge in [-0.05, 0) is 62.1 Å². The first-order valence-corrected chi connectivity index (χ1v) is 14.2. The van der Waals surface area contributed by atoms with Crippen LogP contribution in [0.2, 0.25) is 0 Å². The molecule has 0 radical (unpaired) electrons. The lowest BCUT2D eigenvalue weighted by molar-refractivity contribution is -0.127. The molecule has 8 nitrogen and oxygen atoms in total. The predicted molar refractivity (Wildman–Crippen MR) is 132 cm³/mol. The third-order valence-electron chi connectivity index (χ3n) is 7.38. The van der Waals surface area contributed by atoms with Crippen LogP contribution < -0.4 is 20.7 Å². The second-order valence-corrected chi connectivity index (χ2v) is 12.7. The van der Waals surface area contributed by atoms with Gasteiger partial charge in [0.1, 0.15) is 12.5 Å². The summed E-state index contributed by atoms with van der Waals surface area (Å²) in [5, 5.41) is 9.38. The average molecular weight is 493 g/mol. The third kappa shape index (κ3) is 5.99. The minimum atomic E-state index is -3.64. The monoisotopic (exact) mass is 492 g/mol. The lowest BCUT2D eigenvalue weighted by atomic mass is 9.88. The highest BCUT2D eigenvalue weighted by atomic mass is 32.2. The molecule has 3 fully saturated rings. The number of fused-ring (bicyclic) bond motifs is 4. The molecular formula is C25H40N4O4S. The van der Waals surface area contributed by atoms with Crippen molar-refractivity contribution >= 4 is 15.9 Å². The SMILES string of the molecule is Cc1cccc(C)c1C1CC2NC(N1)NS(=O)(=O)C1CCCC(C1)C(=O)N[C@H](CC(C)C)CO2. The van der Waals surface area contributed by atoms with Crippen LogP contribution >= 0.6 is 0 Å². The average Bonchev–Trinajstić information content (AvgIpc) is 2.76. The molecule has 0 spiro atoms. The molecule has 3 aliphatic rings. The molecule has 1 aromatic carbocycles. The van der Waals surface area contributed by atoms with Gasteiger partial charge in [0.25, 0.3) is 0 Å². The normalized spacial score (nSPS) is 34.4. The Morgan fingerprint density at radius 3 is 2.53 bits per heavy atom. The molecule has 1 amide bonds. The molecule has 4 bridgehead atoms. The van der Waals surface area contributed by atoms with Gasteiger partial charge in [0.2, 0.25) is 15.9 Å². The van der Waals surface area contributed by atoms with Crippen molar-refractivity contribution in [3.8, 4) is 0 Å². The van der Waals surface area contributed by atoms with E-state index in [4.69, 9.17) is 4.74 Å². The van der Waals surface area contributed by atoms with Crippen molar-refractivity contribution in [2.45, 2.75) is 96.1 Å². The largest absolute Gasteiger partial charge is 0.361 e. The zero-order valence-electron chi connectivity index (χ0n) is 20.8. The van der Waals surface area contributed by atoms with Crippen LogP contribution in [0.4, 0.5) is 0 Å². The van der Waals surface area contributed by atoms with Crippen LogP contribution in [0.25, 0.3) is 0 Å². The molecule has 34 heavy (non-hydrogen) atoms. The van der Waals surface area contributed by atoms with Gasteiger partial charge in [-0.15, -0.1) is 0 Å². The van der Waals surface area contributed by atoms with E-state index in [9.17, 15) is 13.2 Å². The number of hydrogen-bond acceptors (Lipinski definition) is 6. The summed E-state index contributed by atoms with van der Waals surface area (Å²) in [4.78, 5) is 13.1. The maximum Gasteiger partial charge on any atom is 0.223 e. The number of ether oxygens (including phenoxy) is 1. The van der Waals surface area contributed by atoms with Crippen molar-refractivity contribution in [1.82, 2.24) is 20.7 Å². The standard InChI is InChI=1S/C25H40N4O4S/c1-15(2)11-19-14-33-22-13-21(23-16(3)7-5-8-17(23)4)27-25(28-22)29-34(31,32)20-10-6-9-18(12-20)24(30)26-19/h5,7-8,15,18-22,25,27-29H,6,9-14H2,1-4H3,(H,26,30)/t18?,19-,20?,21?,22?,25?/m1/s1. The molecule has 0 aromatic heterocycles. The number of hydrogen-bond donors (Lipinski definition) is 4. The van der Waals surface area contributed by atoms with Crippen LogP contribution in [0.15, 0.2) is 18.2 Å². The minimum absolute atomic E-state index is 0.0455. The molecule has 2 aliphatic heterocycles. The summed E-state index contributed by atoms with van der Waals surface area (Å²) in [6.45, 7) is 8.82. The number of amides is 1. The Hall–Kier alpha value is -1.52. The highest BCUT2D eigenvalue weighted by Gasteiger charge is 2.39. The van der Waals surface area contributed by atoms with E-state index in [2.05, 4.69) is 60.5 Å². The summed E-state index contributed by atoms with van der Waals surface area (Å²) in [6, 6.07) is 6.03. The molecule has 5 unspecified atom stereocenters. The Kier molecular flexibility index (Phi) is 7.99. The van der Waals surface area contributed by atoms with Gasteiger partial charge in [0.15, 0.2) is 0 Å². The summed E-state index contributed by atoms with van der Waals surface area (Å²) >= 11 is 0. The van der Waals surface area contributed by atoms with Crippen molar-refractivity contribution in [2.24, 2.45) is 11.8 Å². The maximum absolute atomic E-state index is 13.3. The van der Waals surface area contributed by atoms with Gasteiger partial charge in [-0.1, -0.05) is 38.5 Å². The molecule has 4 rings (SSSR count). The van der Waals surface area contributed by atoms with Crippen molar-refractivity contribution in [2.75, 3.05) is 6.61 Å². The van der Waals surface area contributed by atoms with E-state index in [1.54, 1.807) is 0 Å². The van der Waals surface area contributed by atoms with Crippen LogP contribution in [0, 0.1) is 25.7 Å². The lowest BCUT2D eigenvalue weighted by Crippen LogP contribution is -2.64. The molecular weight excluding hydrogens is 452 g/mol. The molecule has 6 atom stereocenters. The van der Waals surface area contributed by atoms with E-state index in [0.717, 1.165) is 30.4 Å². The topological polar surface area (TPSA) is 109 Å². The van der Waals surface area contributed by atoms with Crippen LogP contribution in [-0.4, -0.2) is 44.7 Å². The minimum Gasteiger partial charge on any atom is -0.361 e. The third-order valence-corrected chi connectivity index (χ3v) is 9.25. The van der Waals surface area contributed by atoms with E-state index in [1.807, 2.05) is 6.07 Å².